The number of carbonyl (C=O) groups excluding carboxylic acids is 1. The van der Waals surface area contributed by atoms with Crippen molar-refractivity contribution in [1.29, 1.82) is 0 Å². The summed E-state index contributed by atoms with van der Waals surface area (Å²) in [5, 5.41) is 1.62. The number of carbonyl (C=O) groups is 1. The van der Waals surface area contributed by atoms with Crippen molar-refractivity contribution in [2.45, 2.75) is 13.5 Å². The zero-order valence-electron chi connectivity index (χ0n) is 9.44. The fourth-order valence-corrected chi connectivity index (χ4v) is 2.27. The van der Waals surface area contributed by atoms with E-state index in [0.717, 1.165) is 23.5 Å². The molecule has 0 atom stereocenters. The Morgan fingerprint density at radius 3 is 2.67 bits per heavy atom. The molecule has 0 radical (unpaired) electrons. The first-order valence-electron chi connectivity index (χ1n) is 5.12. The topological polar surface area (TPSA) is 39.1 Å². The van der Waals surface area contributed by atoms with Crippen LogP contribution in [-0.4, -0.2) is 10.4 Å². The standard InChI is InChI=1S/C12H9F2NO2S/c1-7-6-18-12(17)15(7)5-11(16)9-3-2-8(13)4-10(9)14/h2-4,6H,5H2,1H3. The van der Waals surface area contributed by atoms with Gasteiger partial charge in [0.25, 0.3) is 0 Å². The molecule has 0 aliphatic heterocycles. The van der Waals surface area contributed by atoms with Crippen LogP contribution in [0.5, 0.6) is 0 Å². The molecule has 1 heterocycles. The predicted molar refractivity (Wildman–Crippen MR) is 64.0 cm³/mol. The van der Waals surface area contributed by atoms with Crippen LogP contribution in [0.2, 0.25) is 0 Å². The Morgan fingerprint density at radius 2 is 2.11 bits per heavy atom. The van der Waals surface area contributed by atoms with Gasteiger partial charge >= 0.3 is 4.87 Å². The number of thiazole rings is 1. The lowest BCUT2D eigenvalue weighted by Crippen LogP contribution is -2.21. The number of aryl methyl sites for hydroxylation is 1. The summed E-state index contributed by atoms with van der Waals surface area (Å²) in [5.41, 5.74) is 0.426. The average molecular weight is 269 g/mol. The number of hydrogen-bond donors (Lipinski definition) is 0. The molecule has 0 unspecified atom stereocenters. The minimum absolute atomic E-state index is 0.214. The zero-order valence-corrected chi connectivity index (χ0v) is 10.3. The first-order chi connectivity index (χ1) is 8.49. The molecule has 0 amide bonds. The van der Waals surface area contributed by atoms with Gasteiger partial charge in [-0.1, -0.05) is 11.3 Å². The van der Waals surface area contributed by atoms with Crippen LogP contribution < -0.4 is 4.87 Å². The van der Waals surface area contributed by atoms with Gasteiger partial charge in [-0.05, 0) is 19.1 Å². The summed E-state index contributed by atoms with van der Waals surface area (Å²) >= 11 is 0.976. The zero-order chi connectivity index (χ0) is 13.3. The van der Waals surface area contributed by atoms with Crippen LogP contribution in [0, 0.1) is 18.6 Å². The van der Waals surface area contributed by atoms with Crippen LogP contribution in [0.15, 0.2) is 28.4 Å². The van der Waals surface area contributed by atoms with E-state index in [4.69, 9.17) is 0 Å². The Kier molecular flexibility index (Phi) is 3.38. The van der Waals surface area contributed by atoms with E-state index in [0.29, 0.717) is 11.8 Å². The maximum Gasteiger partial charge on any atom is 0.307 e. The van der Waals surface area contributed by atoms with E-state index in [2.05, 4.69) is 0 Å². The molecular weight excluding hydrogens is 260 g/mol. The van der Waals surface area contributed by atoms with E-state index in [1.807, 2.05) is 0 Å². The van der Waals surface area contributed by atoms with Gasteiger partial charge in [0.1, 0.15) is 11.6 Å². The largest absolute Gasteiger partial charge is 0.307 e. The minimum atomic E-state index is -0.916. The predicted octanol–water partition coefficient (Wildman–Crippen LogP) is 2.38. The van der Waals surface area contributed by atoms with Crippen LogP contribution in [-0.2, 0) is 6.54 Å². The summed E-state index contributed by atoms with van der Waals surface area (Å²) in [4.78, 5) is 23.0. The van der Waals surface area contributed by atoms with E-state index in [1.165, 1.54) is 4.57 Å². The third-order valence-electron chi connectivity index (χ3n) is 2.51. The number of benzene rings is 1. The highest BCUT2D eigenvalue weighted by molar-refractivity contribution is 7.07. The van der Waals surface area contributed by atoms with E-state index in [-0.39, 0.29) is 17.0 Å². The first kappa shape index (κ1) is 12.6. The molecule has 2 aromatic rings. The summed E-state index contributed by atoms with van der Waals surface area (Å²) in [6.07, 6.45) is 0. The molecule has 0 saturated carbocycles. The average Bonchev–Trinajstić information content (AvgIpc) is 2.60. The van der Waals surface area contributed by atoms with E-state index in [1.54, 1.807) is 12.3 Å². The van der Waals surface area contributed by atoms with E-state index < -0.39 is 17.4 Å². The van der Waals surface area contributed by atoms with Gasteiger partial charge in [-0.25, -0.2) is 8.78 Å². The molecule has 0 bridgehead atoms. The van der Waals surface area contributed by atoms with Gasteiger partial charge in [0.15, 0.2) is 5.78 Å². The molecule has 1 aromatic heterocycles. The van der Waals surface area contributed by atoms with Gasteiger partial charge in [0.2, 0.25) is 0 Å². The molecule has 6 heteroatoms. The lowest BCUT2D eigenvalue weighted by Gasteiger charge is -2.05. The molecule has 0 saturated heterocycles. The normalized spacial score (nSPS) is 10.6. The van der Waals surface area contributed by atoms with Crippen molar-refractivity contribution in [2.75, 3.05) is 0 Å². The van der Waals surface area contributed by atoms with Crippen molar-refractivity contribution >= 4 is 17.1 Å². The van der Waals surface area contributed by atoms with E-state index >= 15 is 0 Å². The quantitative estimate of drug-likeness (QED) is 0.802. The van der Waals surface area contributed by atoms with Crippen molar-refractivity contribution in [3.8, 4) is 0 Å². The smallest absolute Gasteiger partial charge is 0.296 e. The molecule has 0 N–H and O–H groups in total. The van der Waals surface area contributed by atoms with Crippen molar-refractivity contribution in [3.05, 3.63) is 56.1 Å². The van der Waals surface area contributed by atoms with Gasteiger partial charge in [0.05, 0.1) is 12.1 Å². The van der Waals surface area contributed by atoms with E-state index in [9.17, 15) is 18.4 Å². The van der Waals surface area contributed by atoms with Crippen molar-refractivity contribution in [1.82, 2.24) is 4.57 Å². The molecule has 1 aromatic carbocycles. The lowest BCUT2D eigenvalue weighted by atomic mass is 10.1. The molecule has 94 valence electrons. The number of nitrogens with zero attached hydrogens (tertiary/aromatic N) is 1. The van der Waals surface area contributed by atoms with Crippen LogP contribution in [0.25, 0.3) is 0 Å². The molecule has 18 heavy (non-hydrogen) atoms. The number of ketones is 1. The van der Waals surface area contributed by atoms with Crippen molar-refractivity contribution in [2.24, 2.45) is 0 Å². The summed E-state index contributed by atoms with van der Waals surface area (Å²) < 4.78 is 27.4. The van der Waals surface area contributed by atoms with Crippen LogP contribution in [0.3, 0.4) is 0 Å². The highest BCUT2D eigenvalue weighted by Gasteiger charge is 2.15. The highest BCUT2D eigenvalue weighted by atomic mass is 32.1. The summed E-state index contributed by atoms with van der Waals surface area (Å²) in [6, 6.07) is 2.75. The Hall–Kier alpha value is -1.82. The maximum atomic E-state index is 13.4. The summed E-state index contributed by atoms with van der Waals surface area (Å²) in [7, 11) is 0. The SMILES string of the molecule is Cc1csc(=O)n1CC(=O)c1ccc(F)cc1F. The number of rotatable bonds is 3. The van der Waals surface area contributed by atoms with Crippen LogP contribution in [0.1, 0.15) is 16.1 Å². The van der Waals surface area contributed by atoms with Crippen molar-refractivity contribution in [3.63, 3.8) is 0 Å². The minimum Gasteiger partial charge on any atom is -0.296 e. The Morgan fingerprint density at radius 1 is 1.39 bits per heavy atom. The number of Topliss-reactive ketones (excluding diaryl/α,β-unsaturated/α-hetero) is 1. The third-order valence-corrected chi connectivity index (χ3v) is 3.39. The molecule has 0 aliphatic carbocycles. The fourth-order valence-electron chi connectivity index (χ4n) is 1.54. The second kappa shape index (κ2) is 4.81. The monoisotopic (exact) mass is 269 g/mol. The second-order valence-electron chi connectivity index (χ2n) is 3.78. The fraction of sp³-hybridized carbons (Fsp3) is 0.167. The lowest BCUT2D eigenvalue weighted by molar-refractivity contribution is 0.0966. The number of hydrogen-bond acceptors (Lipinski definition) is 3. The first-order valence-corrected chi connectivity index (χ1v) is 6.00. The van der Waals surface area contributed by atoms with Crippen LogP contribution in [0.4, 0.5) is 8.78 Å². The molecule has 3 nitrogen and oxygen atoms in total. The van der Waals surface area contributed by atoms with Crippen LogP contribution >= 0.6 is 11.3 Å². The molecule has 2 rings (SSSR count). The summed E-state index contributed by atoms with van der Waals surface area (Å²) in [5.74, 6) is -2.22. The second-order valence-corrected chi connectivity index (χ2v) is 4.60. The third kappa shape index (κ3) is 2.38. The van der Waals surface area contributed by atoms with Gasteiger partial charge in [-0.2, -0.15) is 0 Å². The Labute approximate surface area is 105 Å². The van der Waals surface area contributed by atoms with Crippen molar-refractivity contribution < 1.29 is 13.6 Å². The van der Waals surface area contributed by atoms with Gasteiger partial charge < -0.3 is 0 Å². The Bertz CT molecular complexity index is 660. The Balaban J connectivity index is 2.30. The number of aromatic nitrogens is 1. The number of halogens is 2. The van der Waals surface area contributed by atoms with Gasteiger partial charge in [0, 0.05) is 17.1 Å². The molecule has 0 fully saturated rings. The highest BCUT2D eigenvalue weighted by Crippen LogP contribution is 2.11. The maximum absolute atomic E-state index is 13.4. The molecule has 0 aliphatic rings. The van der Waals surface area contributed by atoms with Gasteiger partial charge in [-0.3, -0.25) is 14.2 Å². The summed E-state index contributed by atoms with van der Waals surface area (Å²) in [6.45, 7) is 1.45. The van der Waals surface area contributed by atoms with Gasteiger partial charge in [-0.15, -0.1) is 0 Å². The molecular formula is C12H9F2NO2S. The molecule has 0 spiro atoms.